The van der Waals surface area contributed by atoms with Crippen LogP contribution in [0.4, 0.5) is 26.3 Å². The van der Waals surface area contributed by atoms with Gasteiger partial charge in [-0.05, 0) is 73.4 Å². The first-order valence-electron chi connectivity index (χ1n) is 10.9. The largest absolute Gasteiger partial charge is 0.488 e. The van der Waals surface area contributed by atoms with Gasteiger partial charge in [0.2, 0.25) is 0 Å². The van der Waals surface area contributed by atoms with E-state index in [1.807, 2.05) is 0 Å². The van der Waals surface area contributed by atoms with Gasteiger partial charge in [0.25, 0.3) is 0 Å². The minimum atomic E-state index is -4.90. The molecule has 3 aromatic carbocycles. The molecule has 11 heteroatoms. The Morgan fingerprint density at radius 1 is 0.973 bits per heavy atom. The molecule has 0 bridgehead atoms. The SMILES string of the molecule is CC(C)Oc1cc(C(N)(Cc2ccc(C(=O)O)cc2)c2cc(F)cc(OC(F)(F)C(F)F)c2)ccc1F. The molecule has 1 unspecified atom stereocenters. The Morgan fingerprint density at radius 2 is 1.62 bits per heavy atom. The number of benzene rings is 3. The molecule has 0 aliphatic rings. The Bertz CT molecular complexity index is 1270. The highest BCUT2D eigenvalue weighted by Gasteiger charge is 2.44. The maximum atomic E-state index is 14.5. The van der Waals surface area contributed by atoms with Gasteiger partial charge in [-0.2, -0.15) is 17.6 Å². The Balaban J connectivity index is 2.17. The fraction of sp³-hybridized carbons (Fsp3) is 0.269. The molecule has 37 heavy (non-hydrogen) atoms. The number of carboxylic acid groups (broad SMARTS) is 1. The highest BCUT2D eigenvalue weighted by Crippen LogP contribution is 2.37. The molecule has 0 amide bonds. The molecule has 3 rings (SSSR count). The van der Waals surface area contributed by atoms with Crippen LogP contribution in [0.5, 0.6) is 11.5 Å². The topological polar surface area (TPSA) is 81.8 Å². The third-order valence-electron chi connectivity index (χ3n) is 5.39. The van der Waals surface area contributed by atoms with Gasteiger partial charge < -0.3 is 20.3 Å². The quantitative estimate of drug-likeness (QED) is 0.310. The van der Waals surface area contributed by atoms with Gasteiger partial charge in [0.1, 0.15) is 11.6 Å². The number of hydrogen-bond acceptors (Lipinski definition) is 4. The number of halogens is 6. The van der Waals surface area contributed by atoms with Crippen molar-refractivity contribution in [1.29, 1.82) is 0 Å². The van der Waals surface area contributed by atoms with E-state index in [4.69, 9.17) is 15.6 Å². The van der Waals surface area contributed by atoms with Gasteiger partial charge in [-0.1, -0.05) is 18.2 Å². The minimum Gasteiger partial charge on any atom is -0.488 e. The van der Waals surface area contributed by atoms with Crippen molar-refractivity contribution in [1.82, 2.24) is 0 Å². The summed E-state index contributed by atoms with van der Waals surface area (Å²) in [4.78, 5) is 11.2. The molecule has 0 heterocycles. The van der Waals surface area contributed by atoms with Crippen molar-refractivity contribution in [3.8, 4) is 11.5 Å². The van der Waals surface area contributed by atoms with Crippen LogP contribution in [-0.2, 0) is 12.0 Å². The Kier molecular flexibility index (Phi) is 8.06. The Hall–Kier alpha value is -3.73. The number of alkyl halides is 4. The van der Waals surface area contributed by atoms with Gasteiger partial charge in [0, 0.05) is 6.07 Å². The lowest BCUT2D eigenvalue weighted by atomic mass is 9.78. The first-order valence-corrected chi connectivity index (χ1v) is 10.9. The highest BCUT2D eigenvalue weighted by atomic mass is 19.3. The van der Waals surface area contributed by atoms with Gasteiger partial charge in [0.15, 0.2) is 11.6 Å². The Morgan fingerprint density at radius 3 is 2.19 bits per heavy atom. The minimum absolute atomic E-state index is 0.0172. The second kappa shape index (κ2) is 10.7. The van der Waals surface area contributed by atoms with Crippen molar-refractivity contribution in [3.63, 3.8) is 0 Å². The van der Waals surface area contributed by atoms with Crippen LogP contribution >= 0.6 is 0 Å². The lowest BCUT2D eigenvalue weighted by molar-refractivity contribution is -0.253. The lowest BCUT2D eigenvalue weighted by Gasteiger charge is -2.32. The summed E-state index contributed by atoms with van der Waals surface area (Å²) in [6.45, 7) is 3.32. The van der Waals surface area contributed by atoms with Crippen LogP contribution in [0.3, 0.4) is 0 Å². The molecule has 198 valence electrons. The molecular weight excluding hydrogens is 504 g/mol. The van der Waals surface area contributed by atoms with Gasteiger partial charge in [-0.25, -0.2) is 13.6 Å². The van der Waals surface area contributed by atoms with Crippen molar-refractivity contribution in [3.05, 3.63) is 94.6 Å². The molecule has 1 atom stereocenters. The third kappa shape index (κ3) is 6.53. The van der Waals surface area contributed by atoms with E-state index in [-0.39, 0.29) is 28.9 Å². The molecule has 0 fully saturated rings. The molecule has 0 saturated carbocycles. The summed E-state index contributed by atoms with van der Waals surface area (Å²) in [5, 5.41) is 9.14. The molecule has 0 spiro atoms. The zero-order valence-corrected chi connectivity index (χ0v) is 19.7. The summed E-state index contributed by atoms with van der Waals surface area (Å²) in [7, 11) is 0. The van der Waals surface area contributed by atoms with Gasteiger partial charge in [-0.3, -0.25) is 0 Å². The summed E-state index contributed by atoms with van der Waals surface area (Å²) in [6.07, 6.45) is -9.66. The van der Waals surface area contributed by atoms with E-state index in [2.05, 4.69) is 4.74 Å². The molecule has 0 aliphatic carbocycles. The van der Waals surface area contributed by atoms with Crippen LogP contribution in [-0.4, -0.2) is 29.7 Å². The first kappa shape index (κ1) is 27.9. The summed E-state index contributed by atoms with van der Waals surface area (Å²) in [5.41, 5.74) is 5.42. The summed E-state index contributed by atoms with van der Waals surface area (Å²) in [5.74, 6) is -4.08. The van der Waals surface area contributed by atoms with Crippen LogP contribution in [0, 0.1) is 11.6 Å². The molecule has 3 aromatic rings. The lowest BCUT2D eigenvalue weighted by Crippen LogP contribution is -2.41. The maximum absolute atomic E-state index is 14.5. The molecule has 5 nitrogen and oxygen atoms in total. The average Bonchev–Trinajstić information content (AvgIpc) is 2.79. The number of aromatic carboxylic acids is 1. The number of ether oxygens (including phenoxy) is 2. The van der Waals surface area contributed by atoms with E-state index >= 15 is 0 Å². The van der Waals surface area contributed by atoms with E-state index in [0.29, 0.717) is 11.6 Å². The van der Waals surface area contributed by atoms with Crippen LogP contribution < -0.4 is 15.2 Å². The van der Waals surface area contributed by atoms with E-state index in [0.717, 1.165) is 18.2 Å². The van der Waals surface area contributed by atoms with E-state index in [1.54, 1.807) is 13.8 Å². The molecule has 0 radical (unpaired) electrons. The maximum Gasteiger partial charge on any atom is 0.461 e. The van der Waals surface area contributed by atoms with Gasteiger partial charge >= 0.3 is 18.5 Å². The zero-order valence-electron chi connectivity index (χ0n) is 19.7. The second-order valence-electron chi connectivity index (χ2n) is 8.60. The fourth-order valence-electron chi connectivity index (χ4n) is 3.66. The van der Waals surface area contributed by atoms with Crippen LogP contribution in [0.15, 0.2) is 60.7 Å². The van der Waals surface area contributed by atoms with E-state index in [1.165, 1.54) is 36.4 Å². The molecular formula is C26H23F6NO4. The third-order valence-corrected chi connectivity index (χ3v) is 5.39. The fourth-order valence-corrected chi connectivity index (χ4v) is 3.66. The number of rotatable bonds is 10. The smallest absolute Gasteiger partial charge is 0.461 e. The summed E-state index contributed by atoms with van der Waals surface area (Å²) in [6, 6.07) is 11.4. The van der Waals surface area contributed by atoms with Crippen molar-refractivity contribution in [2.24, 2.45) is 5.73 Å². The molecule has 0 aliphatic heterocycles. The van der Waals surface area contributed by atoms with E-state index < -0.39 is 47.5 Å². The van der Waals surface area contributed by atoms with Crippen molar-refractivity contribution in [2.75, 3.05) is 0 Å². The number of carboxylic acids is 1. The van der Waals surface area contributed by atoms with Gasteiger partial charge in [-0.15, -0.1) is 0 Å². The highest BCUT2D eigenvalue weighted by molar-refractivity contribution is 5.87. The van der Waals surface area contributed by atoms with Crippen molar-refractivity contribution in [2.45, 2.75) is 44.4 Å². The van der Waals surface area contributed by atoms with Crippen molar-refractivity contribution < 1.29 is 45.7 Å². The normalized spacial score (nSPS) is 13.5. The van der Waals surface area contributed by atoms with Crippen LogP contribution in [0.25, 0.3) is 0 Å². The molecule has 0 aromatic heterocycles. The predicted molar refractivity (Wildman–Crippen MR) is 122 cm³/mol. The number of hydrogen-bond donors (Lipinski definition) is 2. The monoisotopic (exact) mass is 527 g/mol. The number of nitrogens with two attached hydrogens (primary N) is 1. The van der Waals surface area contributed by atoms with Gasteiger partial charge in [0.05, 0.1) is 17.2 Å². The first-order chi connectivity index (χ1) is 17.2. The molecule has 3 N–H and O–H groups in total. The van der Waals surface area contributed by atoms with Crippen LogP contribution in [0.1, 0.15) is 40.9 Å². The average molecular weight is 527 g/mol. The summed E-state index contributed by atoms with van der Waals surface area (Å²) >= 11 is 0. The predicted octanol–water partition coefficient (Wildman–Crippen LogP) is 6.13. The van der Waals surface area contributed by atoms with Crippen molar-refractivity contribution >= 4 is 5.97 Å². The second-order valence-corrected chi connectivity index (χ2v) is 8.60. The molecule has 0 saturated heterocycles. The zero-order chi connectivity index (χ0) is 27.5. The van der Waals surface area contributed by atoms with E-state index in [9.17, 15) is 31.1 Å². The Labute approximate surface area is 208 Å². The van der Waals surface area contributed by atoms with Crippen LogP contribution in [0.2, 0.25) is 0 Å². The summed E-state index contributed by atoms with van der Waals surface area (Å²) < 4.78 is 90.9. The standard InChI is InChI=1S/C26H23F6NO4/c1-14(2)36-22-11-17(7-8-21(22)28)25(33,13-15-3-5-16(6-4-15)23(34)35)18-9-19(27)12-20(10-18)37-26(31,32)24(29)30/h3-12,14,24H,13,33H2,1-2H3,(H,34,35). The number of carbonyl (C=O) groups is 1.